The van der Waals surface area contributed by atoms with Gasteiger partial charge in [-0.1, -0.05) is 47.6 Å². The lowest BCUT2D eigenvalue weighted by Crippen LogP contribution is -2.29. The van der Waals surface area contributed by atoms with E-state index in [1.54, 1.807) is 48.3 Å². The lowest BCUT2D eigenvalue weighted by molar-refractivity contribution is 0.0795. The first-order chi connectivity index (χ1) is 16.5. The summed E-state index contributed by atoms with van der Waals surface area (Å²) in [6, 6.07) is 24.1. The molecule has 2 amide bonds. The molecule has 7 heteroatoms. The number of benzene rings is 3. The third-order valence-electron chi connectivity index (χ3n) is 5.60. The van der Waals surface area contributed by atoms with Crippen molar-refractivity contribution < 1.29 is 14.1 Å². The summed E-state index contributed by atoms with van der Waals surface area (Å²) < 4.78 is 5.38. The molecule has 172 valence electrons. The van der Waals surface area contributed by atoms with Crippen LogP contribution in [0.25, 0.3) is 11.5 Å². The molecule has 0 aliphatic heterocycles. The van der Waals surface area contributed by atoms with Gasteiger partial charge < -0.3 is 14.7 Å². The molecule has 0 aliphatic rings. The van der Waals surface area contributed by atoms with Crippen LogP contribution >= 0.6 is 0 Å². The van der Waals surface area contributed by atoms with Gasteiger partial charge in [0.2, 0.25) is 0 Å². The minimum atomic E-state index is -0.146. The van der Waals surface area contributed by atoms with E-state index in [2.05, 4.69) is 15.5 Å². The molecule has 0 bridgehead atoms. The number of hydrogen-bond donors (Lipinski definition) is 1. The Morgan fingerprint density at radius 3 is 2.35 bits per heavy atom. The van der Waals surface area contributed by atoms with Crippen molar-refractivity contribution in [1.29, 1.82) is 0 Å². The maximum absolute atomic E-state index is 12.5. The number of nitrogens with one attached hydrogen (secondary N) is 1. The molecule has 0 fully saturated rings. The fraction of sp³-hybridized carbons (Fsp3) is 0.185. The number of amides is 2. The highest BCUT2D eigenvalue weighted by molar-refractivity contribution is 5.94. The van der Waals surface area contributed by atoms with E-state index in [-0.39, 0.29) is 11.8 Å². The van der Waals surface area contributed by atoms with Crippen molar-refractivity contribution in [1.82, 2.24) is 20.4 Å². The fourth-order valence-corrected chi connectivity index (χ4v) is 3.49. The zero-order valence-corrected chi connectivity index (χ0v) is 19.2. The monoisotopic (exact) mass is 454 g/mol. The summed E-state index contributed by atoms with van der Waals surface area (Å²) in [7, 11) is 1.75. The Kier molecular flexibility index (Phi) is 7.13. The van der Waals surface area contributed by atoms with Crippen molar-refractivity contribution in [3.8, 4) is 11.5 Å². The van der Waals surface area contributed by atoms with Crippen molar-refractivity contribution >= 4 is 11.8 Å². The van der Waals surface area contributed by atoms with Gasteiger partial charge in [-0.2, -0.15) is 4.98 Å². The summed E-state index contributed by atoms with van der Waals surface area (Å²) in [5.41, 5.74) is 4.14. The SMILES string of the molecule is Cc1ccccc1CNC(=O)c1ccc(-c2nc(CCN(C)C(=O)c3ccccc3)no2)cc1. The number of nitrogens with zero attached hydrogens (tertiary/aromatic N) is 3. The second-order valence-corrected chi connectivity index (χ2v) is 8.05. The second-order valence-electron chi connectivity index (χ2n) is 8.05. The van der Waals surface area contributed by atoms with E-state index in [0.29, 0.717) is 42.4 Å². The first kappa shape index (κ1) is 22.9. The molecule has 7 nitrogen and oxygen atoms in total. The van der Waals surface area contributed by atoms with Crippen LogP contribution in [0.2, 0.25) is 0 Å². The molecule has 3 aromatic carbocycles. The van der Waals surface area contributed by atoms with E-state index in [4.69, 9.17) is 4.52 Å². The first-order valence-corrected chi connectivity index (χ1v) is 11.1. The topological polar surface area (TPSA) is 88.3 Å². The number of aromatic nitrogens is 2. The maximum atomic E-state index is 12.5. The highest BCUT2D eigenvalue weighted by Gasteiger charge is 2.14. The van der Waals surface area contributed by atoms with Crippen LogP contribution in [0.15, 0.2) is 83.4 Å². The van der Waals surface area contributed by atoms with Gasteiger partial charge in [0.15, 0.2) is 5.82 Å². The summed E-state index contributed by atoms with van der Waals surface area (Å²) in [6.45, 7) is 2.96. The Hall–Kier alpha value is -4.26. The molecule has 0 unspecified atom stereocenters. The Bertz CT molecular complexity index is 1270. The molecule has 1 N–H and O–H groups in total. The van der Waals surface area contributed by atoms with Crippen LogP contribution < -0.4 is 5.32 Å². The summed E-state index contributed by atoms with van der Waals surface area (Å²) in [6.07, 6.45) is 0.470. The van der Waals surface area contributed by atoms with Gasteiger partial charge >= 0.3 is 0 Å². The standard InChI is InChI=1S/C27H26N4O3/c1-19-8-6-7-11-23(19)18-28-25(32)20-12-14-21(15-13-20)26-29-24(30-34-26)16-17-31(2)27(33)22-9-4-3-5-10-22/h3-15H,16-18H2,1-2H3,(H,28,32). The predicted molar refractivity (Wildman–Crippen MR) is 129 cm³/mol. The van der Waals surface area contributed by atoms with Crippen molar-refractivity contribution in [2.75, 3.05) is 13.6 Å². The molecule has 4 aromatic rings. The number of carbonyl (C=O) groups is 2. The van der Waals surface area contributed by atoms with Crippen LogP contribution in [-0.2, 0) is 13.0 Å². The Labute approximate surface area is 198 Å². The zero-order valence-electron chi connectivity index (χ0n) is 19.2. The van der Waals surface area contributed by atoms with Gasteiger partial charge in [-0.05, 0) is 54.4 Å². The van der Waals surface area contributed by atoms with Gasteiger partial charge in [0, 0.05) is 43.2 Å². The van der Waals surface area contributed by atoms with Gasteiger partial charge in [-0.25, -0.2) is 0 Å². The van der Waals surface area contributed by atoms with Crippen molar-refractivity contribution in [2.45, 2.75) is 19.9 Å². The van der Waals surface area contributed by atoms with E-state index in [1.807, 2.05) is 49.4 Å². The summed E-state index contributed by atoms with van der Waals surface area (Å²) in [5.74, 6) is 0.689. The molecular formula is C27H26N4O3. The van der Waals surface area contributed by atoms with E-state index < -0.39 is 0 Å². The fourth-order valence-electron chi connectivity index (χ4n) is 3.49. The number of likely N-dealkylation sites (N-methyl/N-ethyl adjacent to an activating group) is 1. The molecule has 4 rings (SSSR count). The molecule has 0 saturated carbocycles. The van der Waals surface area contributed by atoms with Crippen molar-refractivity contribution in [3.63, 3.8) is 0 Å². The third kappa shape index (κ3) is 5.56. The Balaban J connectivity index is 1.32. The minimum Gasteiger partial charge on any atom is -0.348 e. The van der Waals surface area contributed by atoms with Gasteiger partial charge in [0.1, 0.15) is 0 Å². The number of rotatable bonds is 8. The smallest absolute Gasteiger partial charge is 0.257 e. The van der Waals surface area contributed by atoms with E-state index in [0.717, 1.165) is 16.7 Å². The molecule has 1 aromatic heterocycles. The van der Waals surface area contributed by atoms with E-state index in [1.165, 1.54) is 0 Å². The van der Waals surface area contributed by atoms with Crippen LogP contribution in [0.4, 0.5) is 0 Å². The average molecular weight is 455 g/mol. The quantitative estimate of drug-likeness (QED) is 0.429. The molecule has 0 aliphatic carbocycles. The average Bonchev–Trinajstić information content (AvgIpc) is 3.36. The summed E-state index contributed by atoms with van der Waals surface area (Å²) >= 11 is 0. The van der Waals surface area contributed by atoms with Crippen LogP contribution in [0, 0.1) is 6.92 Å². The first-order valence-electron chi connectivity index (χ1n) is 11.1. The van der Waals surface area contributed by atoms with Gasteiger partial charge in [0.25, 0.3) is 17.7 Å². The van der Waals surface area contributed by atoms with Gasteiger partial charge in [-0.3, -0.25) is 9.59 Å². The maximum Gasteiger partial charge on any atom is 0.257 e. The Morgan fingerprint density at radius 2 is 1.62 bits per heavy atom. The van der Waals surface area contributed by atoms with E-state index >= 15 is 0 Å². The zero-order chi connectivity index (χ0) is 23.9. The second kappa shape index (κ2) is 10.6. The normalized spacial score (nSPS) is 10.6. The van der Waals surface area contributed by atoms with Gasteiger partial charge in [-0.15, -0.1) is 0 Å². The number of hydrogen-bond acceptors (Lipinski definition) is 5. The highest BCUT2D eigenvalue weighted by atomic mass is 16.5. The molecule has 0 atom stereocenters. The summed E-state index contributed by atoms with van der Waals surface area (Å²) in [5, 5.41) is 6.97. The minimum absolute atomic E-state index is 0.0550. The molecule has 1 heterocycles. The van der Waals surface area contributed by atoms with Crippen molar-refractivity contribution in [2.24, 2.45) is 0 Å². The summed E-state index contributed by atoms with van der Waals surface area (Å²) in [4.78, 5) is 31.0. The Morgan fingerprint density at radius 1 is 0.912 bits per heavy atom. The largest absolute Gasteiger partial charge is 0.348 e. The van der Waals surface area contributed by atoms with Gasteiger partial charge in [0.05, 0.1) is 0 Å². The molecule has 34 heavy (non-hydrogen) atoms. The van der Waals surface area contributed by atoms with Crippen molar-refractivity contribution in [3.05, 3.63) is 107 Å². The van der Waals surface area contributed by atoms with E-state index in [9.17, 15) is 9.59 Å². The van der Waals surface area contributed by atoms with Crippen LogP contribution in [0.5, 0.6) is 0 Å². The van der Waals surface area contributed by atoms with Crippen LogP contribution in [0.1, 0.15) is 37.7 Å². The molecular weight excluding hydrogens is 428 g/mol. The molecule has 0 spiro atoms. The lowest BCUT2D eigenvalue weighted by Gasteiger charge is -2.15. The van der Waals surface area contributed by atoms with Crippen LogP contribution in [-0.4, -0.2) is 40.4 Å². The number of aryl methyl sites for hydroxylation is 1. The lowest BCUT2D eigenvalue weighted by atomic mass is 10.1. The molecule has 0 saturated heterocycles. The highest BCUT2D eigenvalue weighted by Crippen LogP contribution is 2.18. The van der Waals surface area contributed by atoms with Crippen LogP contribution in [0.3, 0.4) is 0 Å². The predicted octanol–water partition coefficient (Wildman–Crippen LogP) is 4.29. The number of carbonyl (C=O) groups excluding carboxylic acids is 2. The molecule has 0 radical (unpaired) electrons. The third-order valence-corrected chi connectivity index (χ3v) is 5.60.